The number of carbonyl (C=O) groups is 1. The number of hydrogen-bond donors (Lipinski definition) is 1. The average Bonchev–Trinajstić information content (AvgIpc) is 2.74. The summed E-state index contributed by atoms with van der Waals surface area (Å²) in [6.07, 6.45) is 1.04. The summed E-state index contributed by atoms with van der Waals surface area (Å²) in [5.74, 6) is 2.32. The summed E-state index contributed by atoms with van der Waals surface area (Å²) in [5, 5.41) is 3.32. The Balaban J connectivity index is 1.98. The molecule has 1 fully saturated rings. The molecule has 3 nitrogen and oxygen atoms in total. The molecule has 1 aliphatic heterocycles. The van der Waals surface area contributed by atoms with Crippen molar-refractivity contribution in [2.24, 2.45) is 0 Å². The lowest BCUT2D eigenvalue weighted by atomic mass is 10.1. The van der Waals surface area contributed by atoms with Gasteiger partial charge in [0.2, 0.25) is 0 Å². The first-order chi connectivity index (χ1) is 9.31. The van der Waals surface area contributed by atoms with Crippen LogP contribution < -0.4 is 5.32 Å². The van der Waals surface area contributed by atoms with Crippen LogP contribution in [0, 0.1) is 0 Å². The second kappa shape index (κ2) is 7.56. The molecule has 1 aromatic rings. The first kappa shape index (κ1) is 14.4. The molecule has 0 aliphatic carbocycles. The molecule has 0 atom stereocenters. The number of amides is 1. The van der Waals surface area contributed by atoms with Crippen molar-refractivity contribution in [3.63, 3.8) is 0 Å². The van der Waals surface area contributed by atoms with Gasteiger partial charge in [0, 0.05) is 31.0 Å². The third-order valence-corrected chi connectivity index (χ3v) is 4.25. The van der Waals surface area contributed by atoms with Crippen LogP contribution in [0.4, 0.5) is 0 Å². The molecule has 0 unspecified atom stereocenters. The molecule has 0 bridgehead atoms. The summed E-state index contributed by atoms with van der Waals surface area (Å²) in [6.45, 7) is 5.75. The molecular weight excluding hydrogens is 256 g/mol. The maximum absolute atomic E-state index is 12.4. The number of nitrogens with zero attached hydrogens (tertiary/aromatic N) is 1. The van der Waals surface area contributed by atoms with E-state index in [0.717, 1.165) is 49.7 Å². The van der Waals surface area contributed by atoms with E-state index in [1.165, 1.54) is 5.56 Å². The molecule has 0 spiro atoms. The van der Waals surface area contributed by atoms with E-state index in [2.05, 4.69) is 24.4 Å². The number of benzene rings is 1. The Morgan fingerprint density at radius 1 is 1.26 bits per heavy atom. The minimum Gasteiger partial charge on any atom is -0.337 e. The lowest BCUT2D eigenvalue weighted by Gasteiger charge is -2.20. The van der Waals surface area contributed by atoms with Gasteiger partial charge in [-0.3, -0.25) is 4.79 Å². The van der Waals surface area contributed by atoms with Gasteiger partial charge in [-0.25, -0.2) is 0 Å². The van der Waals surface area contributed by atoms with Crippen molar-refractivity contribution in [3.05, 3.63) is 35.4 Å². The van der Waals surface area contributed by atoms with Crippen LogP contribution in [-0.4, -0.2) is 42.7 Å². The van der Waals surface area contributed by atoms with Gasteiger partial charge < -0.3 is 10.2 Å². The molecule has 19 heavy (non-hydrogen) atoms. The van der Waals surface area contributed by atoms with Crippen LogP contribution in [0.2, 0.25) is 0 Å². The first-order valence-electron chi connectivity index (χ1n) is 6.98. The van der Waals surface area contributed by atoms with Crippen molar-refractivity contribution < 1.29 is 4.79 Å². The Morgan fingerprint density at radius 2 is 2.05 bits per heavy atom. The third-order valence-electron chi connectivity index (χ3n) is 3.30. The Hall–Kier alpha value is -1.00. The van der Waals surface area contributed by atoms with Gasteiger partial charge in [-0.05, 0) is 36.4 Å². The van der Waals surface area contributed by atoms with Crippen molar-refractivity contribution >= 4 is 17.7 Å². The molecule has 1 saturated heterocycles. The Morgan fingerprint density at radius 3 is 2.79 bits per heavy atom. The van der Waals surface area contributed by atoms with Crippen molar-refractivity contribution in [1.82, 2.24) is 10.2 Å². The monoisotopic (exact) mass is 278 g/mol. The maximum atomic E-state index is 12.4. The zero-order valence-corrected chi connectivity index (χ0v) is 12.3. The van der Waals surface area contributed by atoms with Crippen LogP contribution in [-0.2, 0) is 5.75 Å². The van der Waals surface area contributed by atoms with Crippen molar-refractivity contribution in [1.29, 1.82) is 0 Å². The highest BCUT2D eigenvalue weighted by molar-refractivity contribution is 7.98. The fourth-order valence-electron chi connectivity index (χ4n) is 2.19. The van der Waals surface area contributed by atoms with E-state index >= 15 is 0 Å². The molecule has 1 N–H and O–H groups in total. The van der Waals surface area contributed by atoms with Crippen LogP contribution >= 0.6 is 11.8 Å². The van der Waals surface area contributed by atoms with E-state index in [1.807, 2.05) is 28.8 Å². The number of thioether (sulfide) groups is 1. The number of carbonyl (C=O) groups excluding carboxylic acids is 1. The predicted octanol–water partition coefficient (Wildman–Crippen LogP) is 2.38. The molecule has 1 heterocycles. The normalized spacial score (nSPS) is 16.2. The summed E-state index contributed by atoms with van der Waals surface area (Å²) in [4.78, 5) is 14.3. The van der Waals surface area contributed by atoms with Gasteiger partial charge in [-0.2, -0.15) is 11.8 Å². The van der Waals surface area contributed by atoms with Gasteiger partial charge >= 0.3 is 0 Å². The minimum absolute atomic E-state index is 0.165. The molecule has 1 amide bonds. The van der Waals surface area contributed by atoms with E-state index in [4.69, 9.17) is 0 Å². The summed E-state index contributed by atoms with van der Waals surface area (Å²) in [6, 6.07) is 8.08. The molecule has 1 aliphatic rings. The quantitative estimate of drug-likeness (QED) is 0.918. The van der Waals surface area contributed by atoms with Gasteiger partial charge in [-0.15, -0.1) is 0 Å². The van der Waals surface area contributed by atoms with Gasteiger partial charge in [0.05, 0.1) is 0 Å². The highest BCUT2D eigenvalue weighted by Crippen LogP contribution is 2.14. The largest absolute Gasteiger partial charge is 0.337 e. The van der Waals surface area contributed by atoms with Gasteiger partial charge in [0.15, 0.2) is 0 Å². The lowest BCUT2D eigenvalue weighted by Crippen LogP contribution is -2.34. The summed E-state index contributed by atoms with van der Waals surface area (Å²) >= 11 is 1.90. The standard InChI is InChI=1S/C15H22N2OS/c1-2-19-12-13-4-6-14(7-5-13)15(18)17-10-3-8-16-9-11-17/h4-7,16H,2-3,8-12H2,1H3. The van der Waals surface area contributed by atoms with E-state index in [1.54, 1.807) is 0 Å². The van der Waals surface area contributed by atoms with Gasteiger partial charge in [-0.1, -0.05) is 19.1 Å². The smallest absolute Gasteiger partial charge is 0.253 e. The van der Waals surface area contributed by atoms with E-state index in [-0.39, 0.29) is 5.91 Å². The van der Waals surface area contributed by atoms with Gasteiger partial charge in [0.1, 0.15) is 0 Å². The zero-order valence-electron chi connectivity index (χ0n) is 11.5. The fraction of sp³-hybridized carbons (Fsp3) is 0.533. The molecule has 0 aromatic heterocycles. The average molecular weight is 278 g/mol. The molecule has 4 heteroatoms. The molecule has 2 rings (SSSR count). The second-order valence-corrected chi connectivity index (χ2v) is 6.00. The lowest BCUT2D eigenvalue weighted by molar-refractivity contribution is 0.0766. The molecule has 0 radical (unpaired) electrons. The van der Waals surface area contributed by atoms with Crippen LogP contribution in [0.3, 0.4) is 0 Å². The van der Waals surface area contributed by atoms with Crippen LogP contribution in [0.5, 0.6) is 0 Å². The Labute approximate surface area is 119 Å². The molecular formula is C15H22N2OS. The van der Waals surface area contributed by atoms with E-state index in [0.29, 0.717) is 0 Å². The highest BCUT2D eigenvalue weighted by atomic mass is 32.2. The van der Waals surface area contributed by atoms with Gasteiger partial charge in [0.25, 0.3) is 5.91 Å². The van der Waals surface area contributed by atoms with Crippen molar-refractivity contribution in [2.75, 3.05) is 31.9 Å². The van der Waals surface area contributed by atoms with E-state index in [9.17, 15) is 4.79 Å². The van der Waals surface area contributed by atoms with Crippen LogP contribution in [0.1, 0.15) is 29.3 Å². The number of hydrogen-bond acceptors (Lipinski definition) is 3. The summed E-state index contributed by atoms with van der Waals surface area (Å²) in [7, 11) is 0. The topological polar surface area (TPSA) is 32.3 Å². The fourth-order valence-corrected chi connectivity index (χ4v) is 2.83. The SMILES string of the molecule is CCSCc1ccc(C(=O)N2CCCNCC2)cc1. The van der Waals surface area contributed by atoms with Crippen LogP contribution in [0.15, 0.2) is 24.3 Å². The Bertz CT molecular complexity index is 397. The minimum atomic E-state index is 0.165. The Kier molecular flexibility index (Phi) is 5.73. The van der Waals surface area contributed by atoms with Crippen molar-refractivity contribution in [3.8, 4) is 0 Å². The number of rotatable bonds is 4. The summed E-state index contributed by atoms with van der Waals surface area (Å²) in [5.41, 5.74) is 2.10. The maximum Gasteiger partial charge on any atom is 0.253 e. The third kappa shape index (κ3) is 4.25. The first-order valence-corrected chi connectivity index (χ1v) is 8.13. The second-order valence-electron chi connectivity index (χ2n) is 4.73. The van der Waals surface area contributed by atoms with Crippen molar-refractivity contribution in [2.45, 2.75) is 19.1 Å². The highest BCUT2D eigenvalue weighted by Gasteiger charge is 2.16. The number of nitrogens with one attached hydrogen (secondary N) is 1. The molecule has 1 aromatic carbocycles. The van der Waals surface area contributed by atoms with Crippen LogP contribution in [0.25, 0.3) is 0 Å². The zero-order chi connectivity index (χ0) is 13.5. The predicted molar refractivity (Wildman–Crippen MR) is 81.7 cm³/mol. The molecule has 0 saturated carbocycles. The summed E-state index contributed by atoms with van der Waals surface area (Å²) < 4.78 is 0. The van der Waals surface area contributed by atoms with E-state index < -0.39 is 0 Å². The molecule has 104 valence electrons.